The molecule has 27 heavy (non-hydrogen) atoms. The first-order valence-electron chi connectivity index (χ1n) is 9.57. The topological polar surface area (TPSA) is 101 Å². The van der Waals surface area contributed by atoms with Gasteiger partial charge in [-0.3, -0.25) is 0 Å². The average Bonchev–Trinajstić information content (AvgIpc) is 3.00. The van der Waals surface area contributed by atoms with Gasteiger partial charge in [0.15, 0.2) is 5.82 Å². The molecule has 1 unspecified atom stereocenters. The smallest absolute Gasteiger partial charge is 0.151 e. The molecule has 0 saturated carbocycles. The number of rotatable bonds is 4. The lowest BCUT2D eigenvalue weighted by Gasteiger charge is -2.25. The van der Waals surface area contributed by atoms with Crippen molar-refractivity contribution in [1.82, 2.24) is 25.4 Å². The minimum atomic E-state index is 0.170. The summed E-state index contributed by atoms with van der Waals surface area (Å²) in [4.78, 5) is 14.2. The van der Waals surface area contributed by atoms with Crippen molar-refractivity contribution < 1.29 is 4.74 Å². The van der Waals surface area contributed by atoms with Gasteiger partial charge in [0.05, 0.1) is 11.7 Å². The Balaban J connectivity index is 1.82. The molecule has 1 fully saturated rings. The number of hydrogen-bond donors (Lipinski definition) is 3. The highest BCUT2D eigenvalue weighted by molar-refractivity contribution is 5.95. The van der Waals surface area contributed by atoms with E-state index in [0.29, 0.717) is 17.4 Å². The first-order valence-corrected chi connectivity index (χ1v) is 9.57. The maximum Gasteiger partial charge on any atom is 0.151 e. The Kier molecular flexibility index (Phi) is 4.84. The standard InChI is InChI=1S/C19H27N7O/c1-4-15-19(22-12-5-7-27-8-6-12)24-16-13(9-21-18(20)17(16)23-15)14-10-26(3)25-11(14)2/h9-12,25H,4-8H2,1-3H3,(H2,20,21)(H,22,24). The van der Waals surface area contributed by atoms with Crippen LogP contribution in [0.1, 0.15) is 37.9 Å². The number of aromatic nitrogens is 3. The van der Waals surface area contributed by atoms with Gasteiger partial charge in [-0.05, 0) is 31.8 Å². The molecule has 0 radical (unpaired) electrons. The highest BCUT2D eigenvalue weighted by Crippen LogP contribution is 2.31. The zero-order valence-corrected chi connectivity index (χ0v) is 16.1. The van der Waals surface area contributed by atoms with Gasteiger partial charge in [0, 0.05) is 44.3 Å². The lowest BCUT2D eigenvalue weighted by molar-refractivity contribution is 0.0903. The van der Waals surface area contributed by atoms with Crippen LogP contribution < -0.4 is 16.5 Å². The van der Waals surface area contributed by atoms with Crippen molar-refractivity contribution in [2.75, 3.05) is 31.3 Å². The van der Waals surface area contributed by atoms with Crippen molar-refractivity contribution in [2.45, 2.75) is 45.2 Å². The van der Waals surface area contributed by atoms with Gasteiger partial charge < -0.3 is 20.8 Å². The lowest BCUT2D eigenvalue weighted by atomic mass is 10.0. The summed E-state index contributed by atoms with van der Waals surface area (Å²) in [6.07, 6.45) is 6.61. The summed E-state index contributed by atoms with van der Waals surface area (Å²) in [5.41, 5.74) is 14.0. The fourth-order valence-electron chi connectivity index (χ4n) is 3.74. The SMILES string of the molecule is CCc1nc2c(N)ncc(C3=CN(C)NC3C)c2nc1NC1CCOCC1. The van der Waals surface area contributed by atoms with Crippen molar-refractivity contribution in [1.29, 1.82) is 0 Å². The number of hydrogen-bond acceptors (Lipinski definition) is 8. The second-order valence-electron chi connectivity index (χ2n) is 7.20. The molecule has 2 aliphatic rings. The monoisotopic (exact) mass is 369 g/mol. The summed E-state index contributed by atoms with van der Waals surface area (Å²) in [6, 6.07) is 0.527. The molecule has 0 bridgehead atoms. The number of nitrogens with one attached hydrogen (secondary N) is 2. The van der Waals surface area contributed by atoms with Gasteiger partial charge in [-0.1, -0.05) is 6.92 Å². The van der Waals surface area contributed by atoms with Gasteiger partial charge in [0.2, 0.25) is 0 Å². The Morgan fingerprint density at radius 1 is 1.30 bits per heavy atom. The van der Waals surface area contributed by atoms with Crippen molar-refractivity contribution >= 4 is 28.2 Å². The van der Waals surface area contributed by atoms with E-state index in [4.69, 9.17) is 20.4 Å². The third-order valence-electron chi connectivity index (χ3n) is 5.20. The van der Waals surface area contributed by atoms with Gasteiger partial charge >= 0.3 is 0 Å². The minimum absolute atomic E-state index is 0.170. The fourth-order valence-corrected chi connectivity index (χ4v) is 3.74. The average molecular weight is 369 g/mol. The molecule has 1 atom stereocenters. The number of anilines is 2. The van der Waals surface area contributed by atoms with Crippen LogP contribution in [0.2, 0.25) is 0 Å². The highest BCUT2D eigenvalue weighted by Gasteiger charge is 2.24. The van der Waals surface area contributed by atoms with Crippen molar-refractivity contribution in [2.24, 2.45) is 0 Å². The Hall–Kier alpha value is -2.45. The first-order chi connectivity index (χ1) is 13.1. The molecule has 0 spiro atoms. The number of pyridine rings is 1. The van der Waals surface area contributed by atoms with E-state index in [1.165, 1.54) is 0 Å². The summed E-state index contributed by atoms with van der Waals surface area (Å²) in [5.74, 6) is 1.26. The zero-order valence-electron chi connectivity index (χ0n) is 16.1. The third-order valence-corrected chi connectivity index (χ3v) is 5.20. The maximum atomic E-state index is 6.15. The zero-order chi connectivity index (χ0) is 19.0. The van der Waals surface area contributed by atoms with E-state index in [9.17, 15) is 0 Å². The molecule has 2 aromatic rings. The third kappa shape index (κ3) is 3.42. The summed E-state index contributed by atoms with van der Waals surface area (Å²) >= 11 is 0. The van der Waals surface area contributed by atoms with Crippen LogP contribution in [0.25, 0.3) is 16.6 Å². The molecule has 144 valence electrons. The second-order valence-corrected chi connectivity index (χ2v) is 7.20. The molecule has 2 aromatic heterocycles. The van der Waals surface area contributed by atoms with Crippen LogP contribution in [-0.2, 0) is 11.2 Å². The Labute approximate surface area is 159 Å². The molecule has 4 rings (SSSR count). The van der Waals surface area contributed by atoms with E-state index in [-0.39, 0.29) is 6.04 Å². The normalized spacial score (nSPS) is 20.9. The van der Waals surface area contributed by atoms with Gasteiger partial charge in [0.1, 0.15) is 16.9 Å². The number of fused-ring (bicyclic) bond motifs is 1. The van der Waals surface area contributed by atoms with Gasteiger partial charge in [0.25, 0.3) is 0 Å². The predicted molar refractivity (Wildman–Crippen MR) is 107 cm³/mol. The van der Waals surface area contributed by atoms with Gasteiger partial charge in [-0.15, -0.1) is 0 Å². The molecular formula is C19H27N7O. The Morgan fingerprint density at radius 3 is 2.74 bits per heavy atom. The Morgan fingerprint density at radius 2 is 2.07 bits per heavy atom. The molecule has 0 amide bonds. The van der Waals surface area contributed by atoms with E-state index in [1.54, 1.807) is 6.20 Å². The predicted octanol–water partition coefficient (Wildman–Crippen LogP) is 1.94. The van der Waals surface area contributed by atoms with E-state index in [2.05, 4.69) is 35.8 Å². The number of ether oxygens (including phenoxy) is 1. The van der Waals surface area contributed by atoms with E-state index in [0.717, 1.165) is 60.6 Å². The van der Waals surface area contributed by atoms with Crippen LogP contribution in [0.3, 0.4) is 0 Å². The molecule has 2 aliphatic heterocycles. The van der Waals surface area contributed by atoms with Crippen LogP contribution >= 0.6 is 0 Å². The van der Waals surface area contributed by atoms with Gasteiger partial charge in [-0.2, -0.15) is 0 Å². The number of nitrogens with two attached hydrogens (primary N) is 1. The summed E-state index contributed by atoms with van der Waals surface area (Å²) in [6.45, 7) is 5.76. The number of nitrogen functional groups attached to an aromatic ring is 1. The summed E-state index contributed by atoms with van der Waals surface area (Å²) in [7, 11) is 1.98. The number of aryl methyl sites for hydroxylation is 1. The minimum Gasteiger partial charge on any atom is -0.382 e. The molecule has 1 saturated heterocycles. The van der Waals surface area contributed by atoms with E-state index >= 15 is 0 Å². The second kappa shape index (κ2) is 7.28. The summed E-state index contributed by atoms with van der Waals surface area (Å²) < 4.78 is 5.47. The Bertz CT molecular complexity index is 876. The molecule has 8 heteroatoms. The van der Waals surface area contributed by atoms with Crippen molar-refractivity contribution in [3.63, 3.8) is 0 Å². The first kappa shape index (κ1) is 17.9. The van der Waals surface area contributed by atoms with Gasteiger partial charge in [-0.25, -0.2) is 20.4 Å². The molecule has 4 heterocycles. The molecule has 0 aromatic carbocycles. The molecular weight excluding hydrogens is 342 g/mol. The van der Waals surface area contributed by atoms with E-state index < -0.39 is 0 Å². The number of nitrogens with zero attached hydrogens (tertiary/aromatic N) is 4. The van der Waals surface area contributed by atoms with Crippen LogP contribution in [0.15, 0.2) is 12.4 Å². The van der Waals surface area contributed by atoms with Crippen LogP contribution in [0.5, 0.6) is 0 Å². The fraction of sp³-hybridized carbons (Fsp3) is 0.526. The number of hydrazine groups is 1. The highest BCUT2D eigenvalue weighted by atomic mass is 16.5. The maximum absolute atomic E-state index is 6.15. The van der Waals surface area contributed by atoms with E-state index in [1.807, 2.05) is 12.1 Å². The lowest BCUT2D eigenvalue weighted by Crippen LogP contribution is -2.30. The quantitative estimate of drug-likeness (QED) is 0.752. The van der Waals surface area contributed by atoms with Crippen LogP contribution in [0.4, 0.5) is 11.6 Å². The van der Waals surface area contributed by atoms with Crippen molar-refractivity contribution in [3.8, 4) is 0 Å². The van der Waals surface area contributed by atoms with Crippen LogP contribution in [-0.4, -0.2) is 52.3 Å². The largest absolute Gasteiger partial charge is 0.382 e. The molecule has 0 aliphatic carbocycles. The summed E-state index contributed by atoms with van der Waals surface area (Å²) in [5, 5.41) is 5.55. The molecule has 4 N–H and O–H groups in total. The van der Waals surface area contributed by atoms with Crippen LogP contribution in [0, 0.1) is 0 Å². The van der Waals surface area contributed by atoms with Crippen molar-refractivity contribution in [3.05, 3.63) is 23.7 Å². The molecule has 8 nitrogen and oxygen atoms in total.